The van der Waals surface area contributed by atoms with Crippen LogP contribution in [0.25, 0.3) is 76.9 Å². The maximum atomic E-state index is 6.36. The van der Waals surface area contributed by atoms with E-state index < -0.39 is 0 Å². The van der Waals surface area contributed by atoms with Crippen LogP contribution in [0.4, 0.5) is 0 Å². The fourth-order valence-electron chi connectivity index (χ4n) is 6.45. The lowest BCUT2D eigenvalue weighted by molar-refractivity contribution is 0.487. The molecule has 7 aromatic carbocycles. The van der Waals surface area contributed by atoms with Crippen molar-refractivity contribution in [2.75, 3.05) is 0 Å². The first-order valence-electron chi connectivity index (χ1n) is 13.6. The van der Waals surface area contributed by atoms with Crippen molar-refractivity contribution in [1.29, 1.82) is 0 Å². The molecule has 40 heavy (non-hydrogen) atoms. The zero-order valence-electron chi connectivity index (χ0n) is 21.5. The minimum absolute atomic E-state index is 0.902. The standard InChI is InChI=1S/C38H22O2/c1-2-12-28-23(8-1)18-19-35-37(28)38-29(14-7-17-34(38)40-35)25-10-5-9-24(20-25)27-21-26-11-6-16-33-36(26)31(22-27)30-13-3-4-15-32(30)39-33/h1-22H. The molecule has 0 bridgehead atoms. The number of rotatable bonds is 2. The summed E-state index contributed by atoms with van der Waals surface area (Å²) in [4.78, 5) is 0. The molecule has 0 fully saturated rings. The van der Waals surface area contributed by atoms with Gasteiger partial charge in [0.15, 0.2) is 0 Å². The summed E-state index contributed by atoms with van der Waals surface area (Å²) in [5, 5.41) is 7.12. The van der Waals surface area contributed by atoms with Gasteiger partial charge in [-0.3, -0.25) is 0 Å². The van der Waals surface area contributed by atoms with Gasteiger partial charge in [0, 0.05) is 21.7 Å². The minimum Gasteiger partial charge on any atom is -0.456 e. The second-order valence-electron chi connectivity index (χ2n) is 10.5. The number of hydrogen-bond acceptors (Lipinski definition) is 2. The van der Waals surface area contributed by atoms with Gasteiger partial charge in [-0.25, -0.2) is 0 Å². The summed E-state index contributed by atoms with van der Waals surface area (Å²) < 4.78 is 12.6. The average molecular weight is 511 g/mol. The average Bonchev–Trinajstić information content (AvgIpc) is 3.41. The van der Waals surface area contributed by atoms with Crippen molar-refractivity contribution in [2.24, 2.45) is 0 Å². The highest BCUT2D eigenvalue weighted by molar-refractivity contribution is 6.22. The summed E-state index contributed by atoms with van der Waals surface area (Å²) in [5.41, 5.74) is 8.89. The quantitative estimate of drug-likeness (QED) is 0.231. The number of fused-ring (bicyclic) bond motifs is 7. The Balaban J connectivity index is 1.28. The Morgan fingerprint density at radius 1 is 0.375 bits per heavy atom. The smallest absolute Gasteiger partial charge is 0.136 e. The highest BCUT2D eigenvalue weighted by Gasteiger charge is 2.21. The van der Waals surface area contributed by atoms with Crippen LogP contribution in [0.1, 0.15) is 0 Å². The summed E-state index contributed by atoms with van der Waals surface area (Å²) in [6.07, 6.45) is 0. The Hall–Kier alpha value is -5.34. The van der Waals surface area contributed by atoms with Crippen molar-refractivity contribution >= 4 is 43.5 Å². The highest BCUT2D eigenvalue weighted by Crippen LogP contribution is 2.48. The van der Waals surface area contributed by atoms with E-state index in [1.165, 1.54) is 54.7 Å². The topological polar surface area (TPSA) is 22.4 Å². The van der Waals surface area contributed by atoms with Crippen LogP contribution in [-0.4, -0.2) is 0 Å². The number of para-hydroxylation sites is 1. The second kappa shape index (κ2) is 8.08. The molecule has 9 rings (SSSR count). The third-order valence-electron chi connectivity index (χ3n) is 8.23. The molecule has 0 radical (unpaired) electrons. The molecule has 0 unspecified atom stereocenters. The Morgan fingerprint density at radius 3 is 2.12 bits per heavy atom. The third kappa shape index (κ3) is 3.05. The van der Waals surface area contributed by atoms with Crippen molar-refractivity contribution in [3.05, 3.63) is 133 Å². The third-order valence-corrected chi connectivity index (χ3v) is 8.23. The molecule has 0 saturated carbocycles. The molecule has 1 aliphatic rings. The number of hydrogen-bond donors (Lipinski definition) is 0. The van der Waals surface area contributed by atoms with Crippen LogP contribution < -0.4 is 4.74 Å². The van der Waals surface area contributed by atoms with Crippen LogP contribution >= 0.6 is 0 Å². The monoisotopic (exact) mass is 510 g/mol. The van der Waals surface area contributed by atoms with E-state index in [9.17, 15) is 0 Å². The van der Waals surface area contributed by atoms with Crippen molar-refractivity contribution < 1.29 is 9.15 Å². The maximum Gasteiger partial charge on any atom is 0.136 e. The molecular formula is C38H22O2. The van der Waals surface area contributed by atoms with Gasteiger partial charge in [0.05, 0.1) is 0 Å². The lowest BCUT2D eigenvalue weighted by Gasteiger charge is -2.22. The molecule has 0 amide bonds. The van der Waals surface area contributed by atoms with E-state index in [2.05, 4.69) is 121 Å². The van der Waals surface area contributed by atoms with E-state index in [1.807, 2.05) is 12.1 Å². The molecule has 1 aliphatic heterocycles. The molecule has 2 heterocycles. The van der Waals surface area contributed by atoms with Gasteiger partial charge >= 0.3 is 0 Å². The van der Waals surface area contributed by atoms with E-state index in [4.69, 9.17) is 9.15 Å². The predicted molar refractivity (Wildman–Crippen MR) is 165 cm³/mol. The molecule has 0 spiro atoms. The molecule has 2 nitrogen and oxygen atoms in total. The van der Waals surface area contributed by atoms with Crippen molar-refractivity contribution in [2.45, 2.75) is 0 Å². The summed E-state index contributed by atoms with van der Waals surface area (Å²) in [7, 11) is 0. The first-order valence-corrected chi connectivity index (χ1v) is 13.6. The molecule has 0 saturated heterocycles. The van der Waals surface area contributed by atoms with Gasteiger partial charge in [-0.05, 0) is 86.4 Å². The molecule has 8 aromatic rings. The van der Waals surface area contributed by atoms with Crippen LogP contribution in [0.2, 0.25) is 0 Å². The molecule has 0 aliphatic carbocycles. The summed E-state index contributed by atoms with van der Waals surface area (Å²) in [6.45, 7) is 0. The van der Waals surface area contributed by atoms with E-state index >= 15 is 0 Å². The van der Waals surface area contributed by atoms with Gasteiger partial charge < -0.3 is 9.15 Å². The Bertz CT molecular complexity index is 2300. The second-order valence-corrected chi connectivity index (χ2v) is 10.5. The number of ether oxygens (including phenoxy) is 1. The van der Waals surface area contributed by atoms with Gasteiger partial charge in [-0.15, -0.1) is 0 Å². The molecule has 186 valence electrons. The Morgan fingerprint density at radius 2 is 1.12 bits per heavy atom. The Kier molecular flexibility index (Phi) is 4.36. The van der Waals surface area contributed by atoms with Crippen molar-refractivity contribution in [1.82, 2.24) is 0 Å². The van der Waals surface area contributed by atoms with Crippen LogP contribution in [0.3, 0.4) is 0 Å². The fourth-order valence-corrected chi connectivity index (χ4v) is 6.45. The van der Waals surface area contributed by atoms with E-state index in [1.54, 1.807) is 0 Å². The van der Waals surface area contributed by atoms with Crippen LogP contribution in [0.15, 0.2) is 138 Å². The fraction of sp³-hybridized carbons (Fsp3) is 0. The maximum absolute atomic E-state index is 6.36. The number of furan rings is 1. The van der Waals surface area contributed by atoms with E-state index in [0.29, 0.717) is 0 Å². The van der Waals surface area contributed by atoms with Gasteiger partial charge in [-0.2, -0.15) is 0 Å². The minimum atomic E-state index is 0.902. The Labute approximate surface area is 230 Å². The van der Waals surface area contributed by atoms with Crippen LogP contribution in [-0.2, 0) is 0 Å². The normalized spacial score (nSPS) is 12.2. The first kappa shape index (κ1) is 21.6. The summed E-state index contributed by atoms with van der Waals surface area (Å²) in [6, 6.07) is 47.2. The predicted octanol–water partition coefficient (Wildman–Crippen LogP) is 11.0. The van der Waals surface area contributed by atoms with Gasteiger partial charge in [0.1, 0.15) is 22.7 Å². The highest BCUT2D eigenvalue weighted by atomic mass is 16.5. The zero-order valence-corrected chi connectivity index (χ0v) is 21.5. The van der Waals surface area contributed by atoms with Gasteiger partial charge in [0.25, 0.3) is 0 Å². The van der Waals surface area contributed by atoms with Crippen LogP contribution in [0.5, 0.6) is 11.5 Å². The lowest BCUT2D eigenvalue weighted by atomic mass is 9.89. The largest absolute Gasteiger partial charge is 0.456 e. The molecule has 0 atom stereocenters. The van der Waals surface area contributed by atoms with E-state index in [0.717, 1.165) is 33.6 Å². The summed E-state index contributed by atoms with van der Waals surface area (Å²) in [5.74, 6) is 1.82. The van der Waals surface area contributed by atoms with Crippen molar-refractivity contribution in [3.8, 4) is 44.9 Å². The number of benzene rings is 7. The van der Waals surface area contributed by atoms with E-state index in [-0.39, 0.29) is 0 Å². The SMILES string of the molecule is c1cc(-c2cc3c4c(cccc4c2)Oc2ccccc2-3)cc(-c2cccc3oc4ccc5ccccc5c4c23)c1. The van der Waals surface area contributed by atoms with Gasteiger partial charge in [-0.1, -0.05) is 91.0 Å². The lowest BCUT2D eigenvalue weighted by Crippen LogP contribution is -1.97. The zero-order chi connectivity index (χ0) is 26.2. The first-order chi connectivity index (χ1) is 19.8. The van der Waals surface area contributed by atoms with Crippen molar-refractivity contribution in [3.63, 3.8) is 0 Å². The molecule has 2 heteroatoms. The van der Waals surface area contributed by atoms with Gasteiger partial charge in [0.2, 0.25) is 0 Å². The molecule has 1 aromatic heterocycles. The molecular weight excluding hydrogens is 488 g/mol. The van der Waals surface area contributed by atoms with Crippen LogP contribution in [0, 0.1) is 0 Å². The molecule has 0 N–H and O–H groups in total. The summed E-state index contributed by atoms with van der Waals surface area (Å²) >= 11 is 0.